The Labute approximate surface area is 190 Å². The number of fused-ring (bicyclic) bond motifs is 1. The van der Waals surface area contributed by atoms with E-state index in [0.29, 0.717) is 29.7 Å². The molecular weight excluding hydrogens is 414 g/mol. The van der Waals surface area contributed by atoms with E-state index in [2.05, 4.69) is 22.9 Å². The van der Waals surface area contributed by atoms with Crippen molar-refractivity contribution in [2.45, 2.75) is 68.0 Å². The quantitative estimate of drug-likeness (QED) is 0.595. The maximum Gasteiger partial charge on any atom is 0.319 e. The molecule has 176 valence electrons. The minimum absolute atomic E-state index is 0.0217. The van der Waals surface area contributed by atoms with Gasteiger partial charge in [-0.2, -0.15) is 0 Å². The molecule has 0 aromatic rings. The van der Waals surface area contributed by atoms with Crippen LogP contribution < -0.4 is 16.0 Å². The molecular formula is C22H39N5O3S. The van der Waals surface area contributed by atoms with Crippen molar-refractivity contribution in [1.82, 2.24) is 25.8 Å². The largest absolute Gasteiger partial charge is 0.381 e. The molecule has 8 unspecified atom stereocenters. The molecule has 1 aliphatic carbocycles. The van der Waals surface area contributed by atoms with Crippen LogP contribution >= 0.6 is 11.8 Å². The third-order valence-corrected chi connectivity index (χ3v) is 8.99. The Bertz CT molecular complexity index is 651. The predicted octanol–water partition coefficient (Wildman–Crippen LogP) is 1.28. The smallest absolute Gasteiger partial charge is 0.319 e. The highest BCUT2D eigenvalue weighted by atomic mass is 32.2. The van der Waals surface area contributed by atoms with E-state index in [-0.39, 0.29) is 35.5 Å². The van der Waals surface area contributed by atoms with Crippen LogP contribution in [0.5, 0.6) is 0 Å². The van der Waals surface area contributed by atoms with Gasteiger partial charge in [-0.05, 0) is 38.0 Å². The average molecular weight is 454 g/mol. The van der Waals surface area contributed by atoms with E-state index in [1.807, 2.05) is 12.0 Å². The lowest BCUT2D eigenvalue weighted by atomic mass is 9.68. The fourth-order valence-electron chi connectivity index (χ4n) is 6.04. The lowest BCUT2D eigenvalue weighted by Crippen LogP contribution is -2.55. The lowest BCUT2D eigenvalue weighted by Gasteiger charge is -2.44. The predicted molar refractivity (Wildman–Crippen MR) is 123 cm³/mol. The number of nitrogens with zero attached hydrogens (tertiary/aromatic N) is 2. The van der Waals surface area contributed by atoms with Gasteiger partial charge in [0.15, 0.2) is 0 Å². The van der Waals surface area contributed by atoms with Gasteiger partial charge in [-0.1, -0.05) is 12.8 Å². The number of carbonyl (C=O) groups is 2. The van der Waals surface area contributed by atoms with Gasteiger partial charge in [-0.15, -0.1) is 11.8 Å². The molecule has 0 aromatic heterocycles. The fourth-order valence-corrected chi connectivity index (χ4v) is 7.44. The number of amides is 3. The highest BCUT2D eigenvalue weighted by molar-refractivity contribution is 8.00. The van der Waals surface area contributed by atoms with Crippen LogP contribution in [0.25, 0.3) is 0 Å². The standard InChI is InChI=1S/C22H39N5O3S/c1-13-9-15(14-7-5-6-8-18(14)30-4)16(10-23-13)20(28)25-21-24-17-11-27(12-19(17)31-21)22(29)26(2)3/h13-19,21,23-24H,5-12H2,1-4H3,(H,25,28). The number of rotatable bonds is 4. The minimum Gasteiger partial charge on any atom is -0.381 e. The van der Waals surface area contributed by atoms with E-state index in [4.69, 9.17) is 4.74 Å². The number of urea groups is 1. The third kappa shape index (κ3) is 4.99. The van der Waals surface area contributed by atoms with E-state index in [0.717, 1.165) is 32.4 Å². The Kier molecular flexibility index (Phi) is 7.35. The van der Waals surface area contributed by atoms with Gasteiger partial charge >= 0.3 is 6.03 Å². The van der Waals surface area contributed by atoms with Crippen molar-refractivity contribution in [2.75, 3.05) is 40.8 Å². The first-order chi connectivity index (χ1) is 14.9. The number of ether oxygens (including phenoxy) is 1. The summed E-state index contributed by atoms with van der Waals surface area (Å²) < 4.78 is 5.85. The highest BCUT2D eigenvalue weighted by Gasteiger charge is 2.46. The minimum atomic E-state index is -0.0799. The van der Waals surface area contributed by atoms with E-state index >= 15 is 0 Å². The molecule has 0 radical (unpaired) electrons. The number of thioether (sulfide) groups is 1. The molecule has 4 fully saturated rings. The Morgan fingerprint density at radius 2 is 1.94 bits per heavy atom. The maximum absolute atomic E-state index is 13.4. The van der Waals surface area contributed by atoms with Crippen molar-refractivity contribution in [2.24, 2.45) is 17.8 Å². The molecule has 0 spiro atoms. The van der Waals surface area contributed by atoms with Crippen molar-refractivity contribution in [3.05, 3.63) is 0 Å². The van der Waals surface area contributed by atoms with Crippen LogP contribution in [0.15, 0.2) is 0 Å². The van der Waals surface area contributed by atoms with Crippen LogP contribution in [0.4, 0.5) is 4.79 Å². The summed E-state index contributed by atoms with van der Waals surface area (Å²) in [6.07, 6.45) is 6.04. The summed E-state index contributed by atoms with van der Waals surface area (Å²) in [4.78, 5) is 29.1. The van der Waals surface area contributed by atoms with Gasteiger partial charge in [-0.25, -0.2) is 4.79 Å². The Morgan fingerprint density at radius 1 is 1.16 bits per heavy atom. The molecule has 31 heavy (non-hydrogen) atoms. The molecule has 8 nitrogen and oxygen atoms in total. The van der Waals surface area contributed by atoms with Gasteiger partial charge in [0, 0.05) is 58.2 Å². The summed E-state index contributed by atoms with van der Waals surface area (Å²) in [5, 5.41) is 10.7. The van der Waals surface area contributed by atoms with E-state index in [9.17, 15) is 9.59 Å². The van der Waals surface area contributed by atoms with Crippen LogP contribution in [-0.4, -0.2) is 91.5 Å². The van der Waals surface area contributed by atoms with Gasteiger partial charge in [0.1, 0.15) is 5.50 Å². The molecule has 3 saturated heterocycles. The molecule has 4 rings (SSSR count). The van der Waals surface area contributed by atoms with Gasteiger partial charge in [-0.3, -0.25) is 10.1 Å². The highest BCUT2D eigenvalue weighted by Crippen LogP contribution is 2.40. The molecule has 0 bridgehead atoms. The Hall–Kier alpha value is -1.03. The molecule has 8 atom stereocenters. The number of likely N-dealkylation sites (tertiary alicyclic amines) is 1. The first kappa shape index (κ1) is 23.1. The summed E-state index contributed by atoms with van der Waals surface area (Å²) in [5.74, 6) is 0.955. The first-order valence-corrected chi connectivity index (χ1v) is 12.8. The second kappa shape index (κ2) is 9.85. The summed E-state index contributed by atoms with van der Waals surface area (Å²) in [6, 6.07) is 0.727. The summed E-state index contributed by atoms with van der Waals surface area (Å²) in [6.45, 7) is 4.39. The second-order valence-electron chi connectivity index (χ2n) is 9.96. The lowest BCUT2D eigenvalue weighted by molar-refractivity contribution is -0.130. The van der Waals surface area contributed by atoms with Crippen molar-refractivity contribution in [3.63, 3.8) is 0 Å². The molecule has 0 aromatic carbocycles. The number of carbonyl (C=O) groups excluding carboxylic acids is 2. The number of nitrogens with one attached hydrogen (secondary N) is 3. The van der Waals surface area contributed by atoms with Crippen LogP contribution in [0.1, 0.15) is 39.0 Å². The molecule has 3 heterocycles. The zero-order chi connectivity index (χ0) is 22.1. The van der Waals surface area contributed by atoms with Crippen molar-refractivity contribution in [1.29, 1.82) is 0 Å². The van der Waals surface area contributed by atoms with E-state index in [1.165, 1.54) is 12.8 Å². The molecule has 9 heteroatoms. The Morgan fingerprint density at radius 3 is 2.65 bits per heavy atom. The number of piperidine rings is 1. The van der Waals surface area contributed by atoms with Crippen LogP contribution in [0.3, 0.4) is 0 Å². The molecule has 4 aliphatic rings. The number of hydrogen-bond donors (Lipinski definition) is 3. The average Bonchev–Trinajstić information content (AvgIpc) is 3.31. The summed E-state index contributed by atoms with van der Waals surface area (Å²) in [7, 11) is 5.40. The number of methoxy groups -OCH3 is 1. The SMILES string of the molecule is COC1CCCCC1C1CC(C)NCC1C(=O)NC1NC2CN(C(=O)N(C)C)CC2S1. The maximum atomic E-state index is 13.4. The van der Waals surface area contributed by atoms with Gasteiger partial charge in [0.2, 0.25) is 5.91 Å². The van der Waals surface area contributed by atoms with Crippen LogP contribution in [0, 0.1) is 17.8 Å². The first-order valence-electron chi connectivity index (χ1n) is 11.8. The van der Waals surface area contributed by atoms with Crippen molar-refractivity contribution in [3.8, 4) is 0 Å². The molecule has 3 aliphatic heterocycles. The van der Waals surface area contributed by atoms with Crippen LogP contribution in [0.2, 0.25) is 0 Å². The summed E-state index contributed by atoms with van der Waals surface area (Å²) in [5.41, 5.74) is -0.0799. The zero-order valence-corrected chi connectivity index (χ0v) is 20.1. The topological polar surface area (TPSA) is 85.9 Å². The van der Waals surface area contributed by atoms with Gasteiger partial charge in [0.25, 0.3) is 0 Å². The van der Waals surface area contributed by atoms with Gasteiger partial charge in [0.05, 0.1) is 12.0 Å². The van der Waals surface area contributed by atoms with Crippen molar-refractivity contribution < 1.29 is 14.3 Å². The van der Waals surface area contributed by atoms with E-state index in [1.54, 1.807) is 30.8 Å². The fraction of sp³-hybridized carbons (Fsp3) is 0.909. The van der Waals surface area contributed by atoms with E-state index < -0.39 is 0 Å². The van der Waals surface area contributed by atoms with Gasteiger partial charge < -0.3 is 25.2 Å². The monoisotopic (exact) mass is 453 g/mol. The Balaban J connectivity index is 1.35. The molecule has 3 N–H and O–H groups in total. The molecule has 3 amide bonds. The summed E-state index contributed by atoms with van der Waals surface area (Å²) >= 11 is 1.75. The number of hydrogen-bond acceptors (Lipinski definition) is 6. The normalized spacial score (nSPS) is 40.5. The second-order valence-corrected chi connectivity index (χ2v) is 11.3. The third-order valence-electron chi connectivity index (χ3n) is 7.64. The van der Waals surface area contributed by atoms with Crippen LogP contribution in [-0.2, 0) is 9.53 Å². The molecule has 1 saturated carbocycles. The van der Waals surface area contributed by atoms with Crippen molar-refractivity contribution >= 4 is 23.7 Å². The zero-order valence-electron chi connectivity index (χ0n) is 19.3.